The number of aryl methyl sites for hydroxylation is 1. The van der Waals surface area contributed by atoms with E-state index in [9.17, 15) is 9.50 Å². The first kappa shape index (κ1) is 16.2. The minimum absolute atomic E-state index is 0.281. The van der Waals surface area contributed by atoms with Crippen LogP contribution in [0.1, 0.15) is 35.9 Å². The van der Waals surface area contributed by atoms with Crippen molar-refractivity contribution in [3.8, 4) is 0 Å². The SMILES string of the molecule is Cc1nc2ccccn2c1CN(CC(O)c1ccc(F)cc1)C1CC1. The average molecular weight is 339 g/mol. The molecule has 0 amide bonds. The molecule has 1 atom stereocenters. The van der Waals surface area contributed by atoms with E-state index in [4.69, 9.17) is 0 Å². The van der Waals surface area contributed by atoms with Gasteiger partial charge in [-0.2, -0.15) is 0 Å². The molecular weight excluding hydrogens is 317 g/mol. The number of aromatic nitrogens is 2. The van der Waals surface area contributed by atoms with E-state index in [0.717, 1.165) is 42.0 Å². The van der Waals surface area contributed by atoms with Crippen molar-refractivity contribution < 1.29 is 9.50 Å². The molecule has 1 N–H and O–H groups in total. The summed E-state index contributed by atoms with van der Waals surface area (Å²) in [7, 11) is 0. The molecule has 4 rings (SSSR count). The van der Waals surface area contributed by atoms with E-state index in [0.29, 0.717) is 12.6 Å². The van der Waals surface area contributed by atoms with Gasteiger partial charge in [-0.25, -0.2) is 9.37 Å². The first-order chi connectivity index (χ1) is 12.1. The highest BCUT2D eigenvalue weighted by molar-refractivity contribution is 5.42. The third-order valence-corrected chi connectivity index (χ3v) is 4.91. The van der Waals surface area contributed by atoms with E-state index in [1.807, 2.05) is 31.3 Å². The number of hydrogen-bond donors (Lipinski definition) is 1. The van der Waals surface area contributed by atoms with Crippen LogP contribution in [0.3, 0.4) is 0 Å². The summed E-state index contributed by atoms with van der Waals surface area (Å²) < 4.78 is 15.2. The van der Waals surface area contributed by atoms with Crippen molar-refractivity contribution in [3.63, 3.8) is 0 Å². The van der Waals surface area contributed by atoms with Gasteiger partial charge in [0, 0.05) is 25.3 Å². The number of halogens is 1. The summed E-state index contributed by atoms with van der Waals surface area (Å²) >= 11 is 0. The van der Waals surface area contributed by atoms with Crippen molar-refractivity contribution in [2.75, 3.05) is 6.54 Å². The fourth-order valence-corrected chi connectivity index (χ4v) is 3.34. The van der Waals surface area contributed by atoms with Crippen LogP contribution in [0.5, 0.6) is 0 Å². The number of fused-ring (bicyclic) bond motifs is 1. The molecule has 0 saturated heterocycles. The largest absolute Gasteiger partial charge is 0.387 e. The molecule has 4 nitrogen and oxygen atoms in total. The smallest absolute Gasteiger partial charge is 0.137 e. The molecule has 2 heterocycles. The van der Waals surface area contributed by atoms with E-state index in [1.54, 1.807) is 12.1 Å². The number of nitrogens with zero attached hydrogens (tertiary/aromatic N) is 3. The molecule has 1 unspecified atom stereocenters. The maximum Gasteiger partial charge on any atom is 0.137 e. The molecule has 2 aromatic heterocycles. The van der Waals surface area contributed by atoms with Crippen molar-refractivity contribution >= 4 is 5.65 Å². The summed E-state index contributed by atoms with van der Waals surface area (Å²) in [4.78, 5) is 6.94. The number of aliphatic hydroxyl groups excluding tert-OH is 1. The fraction of sp³-hybridized carbons (Fsp3) is 0.350. The van der Waals surface area contributed by atoms with Crippen LogP contribution in [-0.4, -0.2) is 32.0 Å². The fourth-order valence-electron chi connectivity index (χ4n) is 3.34. The molecule has 1 aromatic carbocycles. The second-order valence-electron chi connectivity index (χ2n) is 6.80. The Morgan fingerprint density at radius 3 is 2.72 bits per heavy atom. The number of hydrogen-bond acceptors (Lipinski definition) is 3. The predicted molar refractivity (Wildman–Crippen MR) is 94.7 cm³/mol. The van der Waals surface area contributed by atoms with E-state index in [2.05, 4.69) is 14.3 Å². The lowest BCUT2D eigenvalue weighted by Crippen LogP contribution is -2.31. The molecule has 5 heteroatoms. The highest BCUT2D eigenvalue weighted by Crippen LogP contribution is 2.31. The average Bonchev–Trinajstić information content (AvgIpc) is 3.40. The summed E-state index contributed by atoms with van der Waals surface area (Å²) in [5, 5.41) is 10.6. The Morgan fingerprint density at radius 1 is 1.24 bits per heavy atom. The van der Waals surface area contributed by atoms with Gasteiger partial charge in [0.2, 0.25) is 0 Å². The van der Waals surface area contributed by atoms with E-state index in [1.165, 1.54) is 12.1 Å². The summed E-state index contributed by atoms with van der Waals surface area (Å²) in [5.74, 6) is -0.281. The van der Waals surface area contributed by atoms with Gasteiger partial charge in [0.25, 0.3) is 0 Å². The van der Waals surface area contributed by atoms with Crippen LogP contribution in [0.4, 0.5) is 4.39 Å². The maximum atomic E-state index is 13.1. The Hall–Kier alpha value is -2.24. The van der Waals surface area contributed by atoms with E-state index >= 15 is 0 Å². The quantitative estimate of drug-likeness (QED) is 0.747. The normalized spacial score (nSPS) is 15.8. The zero-order valence-corrected chi connectivity index (χ0v) is 14.3. The van der Waals surface area contributed by atoms with Crippen LogP contribution >= 0.6 is 0 Å². The van der Waals surface area contributed by atoms with Gasteiger partial charge >= 0.3 is 0 Å². The molecule has 0 bridgehead atoms. The monoisotopic (exact) mass is 339 g/mol. The van der Waals surface area contributed by atoms with Crippen LogP contribution in [0, 0.1) is 12.7 Å². The first-order valence-corrected chi connectivity index (χ1v) is 8.72. The molecule has 0 radical (unpaired) electrons. The molecule has 1 fully saturated rings. The Kier molecular flexibility index (Phi) is 4.27. The minimum atomic E-state index is -0.624. The van der Waals surface area contributed by atoms with Crippen LogP contribution in [-0.2, 0) is 6.54 Å². The number of benzene rings is 1. The summed E-state index contributed by atoms with van der Waals surface area (Å²) in [6.45, 7) is 3.32. The molecule has 25 heavy (non-hydrogen) atoms. The van der Waals surface area contributed by atoms with Gasteiger partial charge in [0.05, 0.1) is 17.5 Å². The number of pyridine rings is 1. The van der Waals surface area contributed by atoms with Gasteiger partial charge in [0.15, 0.2) is 0 Å². The van der Waals surface area contributed by atoms with Crippen LogP contribution < -0.4 is 0 Å². The van der Waals surface area contributed by atoms with Crippen molar-refractivity contribution in [2.45, 2.75) is 38.5 Å². The molecule has 1 aliphatic rings. The summed E-state index contributed by atoms with van der Waals surface area (Å²) in [5.41, 5.74) is 3.88. The first-order valence-electron chi connectivity index (χ1n) is 8.72. The number of aliphatic hydroxyl groups is 1. The second kappa shape index (κ2) is 6.58. The van der Waals surface area contributed by atoms with Crippen LogP contribution in [0.15, 0.2) is 48.7 Å². The lowest BCUT2D eigenvalue weighted by molar-refractivity contribution is 0.103. The second-order valence-corrected chi connectivity index (χ2v) is 6.80. The third-order valence-electron chi connectivity index (χ3n) is 4.91. The predicted octanol–water partition coefficient (Wildman–Crippen LogP) is 3.48. The van der Waals surface area contributed by atoms with Gasteiger partial charge in [-0.15, -0.1) is 0 Å². The molecule has 0 aliphatic heterocycles. The highest BCUT2D eigenvalue weighted by atomic mass is 19.1. The van der Waals surface area contributed by atoms with Crippen molar-refractivity contribution in [1.82, 2.24) is 14.3 Å². The Bertz CT molecular complexity index is 870. The summed E-state index contributed by atoms with van der Waals surface area (Å²) in [6, 6.07) is 12.6. The number of imidazole rings is 1. The zero-order chi connectivity index (χ0) is 17.4. The van der Waals surface area contributed by atoms with Crippen LogP contribution in [0.2, 0.25) is 0 Å². The van der Waals surface area contributed by atoms with Crippen molar-refractivity contribution in [3.05, 3.63) is 71.4 Å². The lowest BCUT2D eigenvalue weighted by Gasteiger charge is -2.25. The molecular formula is C20H22FN3O. The zero-order valence-electron chi connectivity index (χ0n) is 14.3. The van der Waals surface area contributed by atoms with Gasteiger partial charge in [0.1, 0.15) is 11.5 Å². The van der Waals surface area contributed by atoms with Crippen molar-refractivity contribution in [1.29, 1.82) is 0 Å². The van der Waals surface area contributed by atoms with Gasteiger partial charge < -0.3 is 9.51 Å². The van der Waals surface area contributed by atoms with Gasteiger partial charge in [-0.3, -0.25) is 4.90 Å². The molecule has 130 valence electrons. The Balaban J connectivity index is 1.55. The molecule has 1 aliphatic carbocycles. The maximum absolute atomic E-state index is 13.1. The van der Waals surface area contributed by atoms with Gasteiger partial charge in [-0.05, 0) is 49.6 Å². The Labute approximate surface area is 146 Å². The third kappa shape index (κ3) is 3.43. The Morgan fingerprint density at radius 2 is 2.00 bits per heavy atom. The van der Waals surface area contributed by atoms with E-state index < -0.39 is 6.10 Å². The topological polar surface area (TPSA) is 40.8 Å². The number of rotatable bonds is 6. The molecule has 3 aromatic rings. The lowest BCUT2D eigenvalue weighted by atomic mass is 10.1. The minimum Gasteiger partial charge on any atom is -0.387 e. The van der Waals surface area contributed by atoms with E-state index in [-0.39, 0.29) is 5.82 Å². The standard InChI is InChI=1S/C20H22FN3O/c1-14-18(24-11-3-2-4-20(24)22-14)12-23(17-9-10-17)13-19(25)15-5-7-16(21)8-6-15/h2-8,11,17,19,25H,9-10,12-13H2,1H3. The summed E-state index contributed by atoms with van der Waals surface area (Å²) in [6.07, 6.45) is 3.73. The van der Waals surface area contributed by atoms with Gasteiger partial charge in [-0.1, -0.05) is 18.2 Å². The van der Waals surface area contributed by atoms with Crippen molar-refractivity contribution in [2.24, 2.45) is 0 Å². The highest BCUT2D eigenvalue weighted by Gasteiger charge is 2.31. The molecule has 1 saturated carbocycles. The molecule has 0 spiro atoms. The van der Waals surface area contributed by atoms with Crippen LogP contribution in [0.25, 0.3) is 5.65 Å².